The third-order valence-corrected chi connectivity index (χ3v) is 13.1. The summed E-state index contributed by atoms with van der Waals surface area (Å²) in [4.78, 5) is 0. The molecule has 0 bridgehead atoms. The molecule has 0 heterocycles. The Bertz CT molecular complexity index is 2750. The fourth-order valence-electron chi connectivity index (χ4n) is 9.60. The van der Waals surface area contributed by atoms with Crippen LogP contribution in [0.25, 0.3) is 44.5 Å². The Morgan fingerprint density at radius 3 is 0.545 bits per heavy atom. The summed E-state index contributed by atoms with van der Waals surface area (Å²) >= 11 is 0. The van der Waals surface area contributed by atoms with Crippen molar-refractivity contribution in [2.75, 3.05) is 0 Å². The summed E-state index contributed by atoms with van der Waals surface area (Å²) in [7, 11) is 0. The van der Waals surface area contributed by atoms with Gasteiger partial charge < -0.3 is 0 Å². The smallest absolute Gasteiger partial charge is 0.0635 e. The van der Waals surface area contributed by atoms with Crippen LogP contribution in [0, 0.1) is 0 Å². The van der Waals surface area contributed by atoms with Gasteiger partial charge in [-0.3, -0.25) is 0 Å². The summed E-state index contributed by atoms with van der Waals surface area (Å²) < 4.78 is 0. The van der Waals surface area contributed by atoms with Crippen molar-refractivity contribution in [2.45, 2.75) is 10.8 Å². The molecular formula is C66H50. The minimum atomic E-state index is -0.625. The van der Waals surface area contributed by atoms with Crippen LogP contribution in [0.2, 0.25) is 0 Å². The fraction of sp³-hybridized carbons (Fsp3) is 0.0303. The van der Waals surface area contributed by atoms with Crippen molar-refractivity contribution in [3.8, 4) is 44.5 Å². The van der Waals surface area contributed by atoms with Gasteiger partial charge in [0.25, 0.3) is 0 Å². The summed E-state index contributed by atoms with van der Waals surface area (Å²) in [5, 5.41) is 0. The molecule has 0 atom stereocenters. The fourth-order valence-corrected chi connectivity index (χ4v) is 9.60. The molecule has 0 N–H and O–H groups in total. The molecule has 0 aromatic heterocycles. The molecule has 314 valence electrons. The van der Waals surface area contributed by atoms with Crippen LogP contribution >= 0.6 is 0 Å². The van der Waals surface area contributed by atoms with E-state index in [0.29, 0.717) is 0 Å². The summed E-state index contributed by atoms with van der Waals surface area (Å²) in [6.45, 7) is 0. The summed E-state index contributed by atoms with van der Waals surface area (Å²) in [5.41, 5.74) is 15.4. The molecule has 0 radical (unpaired) electrons. The minimum Gasteiger partial charge on any atom is -0.0652 e. The van der Waals surface area contributed by atoms with E-state index >= 15 is 0 Å². The molecule has 0 aliphatic rings. The quantitative estimate of drug-likeness (QED) is 0.0801. The SMILES string of the molecule is C(C=CC(c1ccccc1)(c1ccc(-c2ccccc2)cc1)c1ccc(-c2ccccc2)cc1)=CC(c1ccccc1)(c1ccc(-c2ccccc2)cc1)c1ccc(-c2ccccc2)cc1. The van der Waals surface area contributed by atoms with Crippen LogP contribution in [0.15, 0.2) is 303 Å². The molecule has 0 saturated heterocycles. The summed E-state index contributed by atoms with van der Waals surface area (Å²) in [6.07, 6.45) is 9.36. The minimum absolute atomic E-state index is 0.625. The van der Waals surface area contributed by atoms with Crippen LogP contribution in [-0.4, -0.2) is 0 Å². The number of hydrogen-bond donors (Lipinski definition) is 0. The first-order chi connectivity index (χ1) is 32.7. The van der Waals surface area contributed by atoms with Gasteiger partial charge in [-0.15, -0.1) is 0 Å². The van der Waals surface area contributed by atoms with Gasteiger partial charge in [-0.2, -0.15) is 0 Å². The first-order valence-corrected chi connectivity index (χ1v) is 22.8. The van der Waals surface area contributed by atoms with Crippen molar-refractivity contribution in [1.82, 2.24) is 0 Å². The number of hydrogen-bond acceptors (Lipinski definition) is 0. The third kappa shape index (κ3) is 8.41. The molecule has 0 fully saturated rings. The van der Waals surface area contributed by atoms with E-state index < -0.39 is 10.8 Å². The lowest BCUT2D eigenvalue weighted by atomic mass is 9.68. The molecule has 10 rings (SSSR count). The lowest BCUT2D eigenvalue weighted by Gasteiger charge is -2.34. The van der Waals surface area contributed by atoms with E-state index in [-0.39, 0.29) is 0 Å². The van der Waals surface area contributed by atoms with Gasteiger partial charge in [-0.05, 0) is 77.9 Å². The predicted octanol–water partition coefficient (Wildman–Crippen LogP) is 16.8. The molecule has 10 aromatic rings. The van der Waals surface area contributed by atoms with Crippen molar-refractivity contribution in [3.63, 3.8) is 0 Å². The average Bonchev–Trinajstić information content (AvgIpc) is 3.42. The Labute approximate surface area is 390 Å². The Kier molecular flexibility index (Phi) is 12.1. The number of allylic oxidation sites excluding steroid dienone is 4. The van der Waals surface area contributed by atoms with Gasteiger partial charge in [0.2, 0.25) is 0 Å². The van der Waals surface area contributed by atoms with Crippen molar-refractivity contribution in [2.24, 2.45) is 0 Å². The van der Waals surface area contributed by atoms with E-state index in [9.17, 15) is 0 Å². The molecule has 0 spiro atoms. The van der Waals surface area contributed by atoms with E-state index in [0.717, 1.165) is 0 Å². The molecule has 0 unspecified atom stereocenters. The van der Waals surface area contributed by atoms with Crippen LogP contribution in [0.4, 0.5) is 0 Å². The molecular weight excluding hydrogens is 793 g/mol. The largest absolute Gasteiger partial charge is 0.0652 e. The van der Waals surface area contributed by atoms with Crippen molar-refractivity contribution in [1.29, 1.82) is 0 Å². The maximum Gasteiger partial charge on any atom is 0.0635 e. The van der Waals surface area contributed by atoms with Crippen molar-refractivity contribution < 1.29 is 0 Å². The van der Waals surface area contributed by atoms with E-state index in [2.05, 4.69) is 303 Å². The highest BCUT2D eigenvalue weighted by Crippen LogP contribution is 2.44. The average molecular weight is 843 g/mol. The van der Waals surface area contributed by atoms with Gasteiger partial charge >= 0.3 is 0 Å². The van der Waals surface area contributed by atoms with Crippen LogP contribution in [0.5, 0.6) is 0 Å². The molecule has 0 saturated carbocycles. The normalized spacial score (nSPS) is 11.8. The van der Waals surface area contributed by atoms with E-state index in [1.807, 2.05) is 0 Å². The maximum atomic E-state index is 2.40. The van der Waals surface area contributed by atoms with Gasteiger partial charge in [0, 0.05) is 0 Å². The standard InChI is InChI=1S/C66H50/c1-7-21-51(22-8-1)55-33-41-61(42-34-55)65(59-29-15-5-16-30-59,62-43-35-56(36-44-62)52-23-9-2-10-24-52)49-19-20-50-66(60-31-17-6-18-32-60,63-45-37-57(38-46-63)53-25-11-3-12-26-53)64-47-39-58(40-48-64)54-27-13-4-14-28-54/h1-50H. The molecule has 10 aromatic carbocycles. The molecule has 0 aliphatic carbocycles. The van der Waals surface area contributed by atoms with Crippen molar-refractivity contribution >= 4 is 0 Å². The van der Waals surface area contributed by atoms with Crippen LogP contribution in [-0.2, 0) is 10.8 Å². The highest BCUT2D eigenvalue weighted by molar-refractivity contribution is 5.70. The summed E-state index contributed by atoms with van der Waals surface area (Å²) in [6, 6.07) is 101. The highest BCUT2D eigenvalue weighted by Gasteiger charge is 2.36. The topological polar surface area (TPSA) is 0 Å². The maximum absolute atomic E-state index is 2.40. The van der Waals surface area contributed by atoms with Crippen LogP contribution < -0.4 is 0 Å². The van der Waals surface area contributed by atoms with Gasteiger partial charge in [-0.1, -0.05) is 303 Å². The first kappa shape index (κ1) is 41.7. The van der Waals surface area contributed by atoms with Gasteiger partial charge in [-0.25, -0.2) is 0 Å². The Balaban J connectivity index is 1.15. The van der Waals surface area contributed by atoms with Gasteiger partial charge in [0.05, 0.1) is 10.8 Å². The van der Waals surface area contributed by atoms with Gasteiger partial charge in [0.1, 0.15) is 0 Å². The van der Waals surface area contributed by atoms with E-state index in [1.165, 1.54) is 77.9 Å². The zero-order valence-electron chi connectivity index (χ0n) is 36.9. The molecule has 0 nitrogen and oxygen atoms in total. The number of rotatable bonds is 13. The molecule has 0 heteroatoms. The highest BCUT2D eigenvalue weighted by atomic mass is 14.4. The second kappa shape index (κ2) is 19.2. The zero-order chi connectivity index (χ0) is 44.4. The molecule has 66 heavy (non-hydrogen) atoms. The monoisotopic (exact) mass is 842 g/mol. The predicted molar refractivity (Wildman–Crippen MR) is 278 cm³/mol. The first-order valence-electron chi connectivity index (χ1n) is 22.8. The second-order valence-electron chi connectivity index (χ2n) is 16.8. The Morgan fingerprint density at radius 1 is 0.167 bits per heavy atom. The van der Waals surface area contributed by atoms with Crippen LogP contribution in [0.3, 0.4) is 0 Å². The molecule has 0 aliphatic heterocycles. The van der Waals surface area contributed by atoms with E-state index in [4.69, 9.17) is 0 Å². The Morgan fingerprint density at radius 2 is 0.333 bits per heavy atom. The van der Waals surface area contributed by atoms with Gasteiger partial charge in [0.15, 0.2) is 0 Å². The van der Waals surface area contributed by atoms with Crippen LogP contribution in [0.1, 0.15) is 33.4 Å². The summed E-state index contributed by atoms with van der Waals surface area (Å²) in [5.74, 6) is 0. The number of benzene rings is 10. The second-order valence-corrected chi connectivity index (χ2v) is 16.8. The zero-order valence-corrected chi connectivity index (χ0v) is 36.9. The lowest BCUT2D eigenvalue weighted by Crippen LogP contribution is -2.27. The van der Waals surface area contributed by atoms with Crippen molar-refractivity contribution in [3.05, 3.63) is 337 Å². The van der Waals surface area contributed by atoms with E-state index in [1.54, 1.807) is 0 Å². The third-order valence-electron chi connectivity index (χ3n) is 13.1. The lowest BCUT2D eigenvalue weighted by molar-refractivity contribution is 0.773. The Hall–Kier alpha value is -8.32. The molecule has 0 amide bonds.